The molecule has 140 valence electrons. The Hall–Kier alpha value is -3.06. The van der Waals surface area contributed by atoms with Crippen molar-refractivity contribution in [3.63, 3.8) is 0 Å². The van der Waals surface area contributed by atoms with Crippen LogP contribution < -0.4 is 14.8 Å². The minimum atomic E-state index is -0.468. The van der Waals surface area contributed by atoms with Gasteiger partial charge >= 0.3 is 0 Å². The Labute approximate surface area is 160 Å². The summed E-state index contributed by atoms with van der Waals surface area (Å²) in [6, 6.07) is 9.72. The minimum absolute atomic E-state index is 0.0197. The summed E-state index contributed by atoms with van der Waals surface area (Å²) in [6.45, 7) is 0.0923. The second kappa shape index (κ2) is 7.67. The van der Waals surface area contributed by atoms with Crippen LogP contribution in [0.1, 0.15) is 31.1 Å². The molecule has 0 atom stereocenters. The largest absolute Gasteiger partial charge is 0.496 e. The quantitative estimate of drug-likeness (QED) is 0.768. The number of hydrogen-bond acceptors (Lipinski definition) is 5. The van der Waals surface area contributed by atoms with Crippen LogP contribution in [-0.4, -0.2) is 49.9 Å². The van der Waals surface area contributed by atoms with E-state index in [1.54, 1.807) is 36.4 Å². The molecular weight excluding hydrogens is 372 g/mol. The average molecular weight is 389 g/mol. The number of benzene rings is 2. The molecular formula is C19H17ClN2O5. The van der Waals surface area contributed by atoms with Crippen molar-refractivity contribution in [1.29, 1.82) is 0 Å². The van der Waals surface area contributed by atoms with E-state index in [4.69, 9.17) is 21.1 Å². The first kappa shape index (κ1) is 18.7. The standard InChI is InChI=1S/C19H17ClN2O5/c1-26-13-7-4-8-14(27-2)16(13)17(23)21-9-10-22-18(24)11-5-3-6-12(20)15(11)19(22)25/h3-8H,9-10H2,1-2H3,(H,21,23). The number of nitrogens with one attached hydrogen (secondary N) is 1. The lowest BCUT2D eigenvalue weighted by atomic mass is 10.1. The van der Waals surface area contributed by atoms with Gasteiger partial charge in [0.25, 0.3) is 17.7 Å². The van der Waals surface area contributed by atoms with Crippen LogP contribution in [-0.2, 0) is 0 Å². The normalized spacial score (nSPS) is 12.8. The Morgan fingerprint density at radius 2 is 1.67 bits per heavy atom. The molecule has 0 fully saturated rings. The molecule has 0 aromatic heterocycles. The third kappa shape index (κ3) is 3.33. The van der Waals surface area contributed by atoms with Crippen molar-refractivity contribution in [3.05, 3.63) is 58.1 Å². The van der Waals surface area contributed by atoms with E-state index in [0.717, 1.165) is 4.90 Å². The Morgan fingerprint density at radius 3 is 2.26 bits per heavy atom. The zero-order chi connectivity index (χ0) is 19.6. The lowest BCUT2D eigenvalue weighted by Gasteiger charge is -2.16. The topological polar surface area (TPSA) is 84.9 Å². The molecule has 3 amide bonds. The number of rotatable bonds is 6. The van der Waals surface area contributed by atoms with Gasteiger partial charge in [-0.05, 0) is 24.3 Å². The van der Waals surface area contributed by atoms with Gasteiger partial charge in [-0.25, -0.2) is 0 Å². The fraction of sp³-hybridized carbons (Fsp3) is 0.211. The third-order valence-corrected chi connectivity index (χ3v) is 4.54. The monoisotopic (exact) mass is 388 g/mol. The number of ether oxygens (including phenoxy) is 2. The first-order chi connectivity index (χ1) is 13.0. The van der Waals surface area contributed by atoms with Gasteiger partial charge in [-0.1, -0.05) is 23.7 Å². The molecule has 1 aliphatic heterocycles. The maximum atomic E-state index is 12.5. The molecule has 0 unspecified atom stereocenters. The lowest BCUT2D eigenvalue weighted by molar-refractivity contribution is 0.0649. The van der Waals surface area contributed by atoms with Crippen LogP contribution in [0.4, 0.5) is 0 Å². The highest BCUT2D eigenvalue weighted by Gasteiger charge is 2.36. The van der Waals surface area contributed by atoms with Gasteiger partial charge in [0.1, 0.15) is 17.1 Å². The number of halogens is 1. The summed E-state index contributed by atoms with van der Waals surface area (Å²) >= 11 is 6.03. The minimum Gasteiger partial charge on any atom is -0.496 e. The van der Waals surface area contributed by atoms with Crippen LogP contribution in [0, 0.1) is 0 Å². The highest BCUT2D eigenvalue weighted by molar-refractivity contribution is 6.37. The number of hydrogen-bond donors (Lipinski definition) is 1. The Morgan fingerprint density at radius 1 is 1.04 bits per heavy atom. The highest BCUT2D eigenvalue weighted by Crippen LogP contribution is 2.29. The van der Waals surface area contributed by atoms with E-state index in [1.807, 2.05) is 0 Å². The van der Waals surface area contributed by atoms with Gasteiger partial charge in [-0.3, -0.25) is 19.3 Å². The second-order valence-corrected chi connectivity index (χ2v) is 6.12. The molecule has 1 N–H and O–H groups in total. The summed E-state index contributed by atoms with van der Waals surface area (Å²) in [5.74, 6) is -0.607. The zero-order valence-corrected chi connectivity index (χ0v) is 15.5. The summed E-state index contributed by atoms with van der Waals surface area (Å²) in [6.07, 6.45) is 0. The summed E-state index contributed by atoms with van der Waals surface area (Å²) < 4.78 is 10.4. The fourth-order valence-corrected chi connectivity index (χ4v) is 3.20. The molecule has 0 saturated heterocycles. The van der Waals surface area contributed by atoms with Gasteiger partial charge in [0.15, 0.2) is 0 Å². The van der Waals surface area contributed by atoms with E-state index in [1.165, 1.54) is 14.2 Å². The van der Waals surface area contributed by atoms with Crippen LogP contribution in [0.2, 0.25) is 5.02 Å². The van der Waals surface area contributed by atoms with E-state index in [9.17, 15) is 14.4 Å². The molecule has 0 spiro atoms. The first-order valence-electron chi connectivity index (χ1n) is 8.13. The number of carbonyl (C=O) groups excluding carboxylic acids is 3. The van der Waals surface area contributed by atoms with E-state index in [-0.39, 0.29) is 34.8 Å². The van der Waals surface area contributed by atoms with E-state index in [0.29, 0.717) is 11.5 Å². The van der Waals surface area contributed by atoms with E-state index < -0.39 is 17.7 Å². The molecule has 2 aromatic rings. The van der Waals surface area contributed by atoms with E-state index >= 15 is 0 Å². The number of amides is 3. The molecule has 1 aliphatic rings. The van der Waals surface area contributed by atoms with Crippen molar-refractivity contribution in [1.82, 2.24) is 10.2 Å². The summed E-state index contributed by atoms with van der Waals surface area (Å²) in [5, 5.41) is 2.91. The fourth-order valence-electron chi connectivity index (χ4n) is 2.94. The molecule has 7 nitrogen and oxygen atoms in total. The van der Waals surface area contributed by atoms with Crippen molar-refractivity contribution >= 4 is 29.3 Å². The Bertz CT molecular complexity index is 906. The number of carbonyl (C=O) groups is 3. The lowest BCUT2D eigenvalue weighted by Crippen LogP contribution is -2.38. The summed E-state index contributed by atoms with van der Waals surface area (Å²) in [4.78, 5) is 38.4. The number of methoxy groups -OCH3 is 2. The SMILES string of the molecule is COc1cccc(OC)c1C(=O)NCCN1C(=O)c2cccc(Cl)c2C1=O. The van der Waals surface area contributed by atoms with Crippen LogP contribution in [0.25, 0.3) is 0 Å². The predicted molar refractivity (Wildman–Crippen MR) is 98.7 cm³/mol. The molecule has 1 heterocycles. The number of imide groups is 1. The maximum Gasteiger partial charge on any atom is 0.263 e. The van der Waals surface area contributed by atoms with Gasteiger partial charge in [0.2, 0.25) is 0 Å². The zero-order valence-electron chi connectivity index (χ0n) is 14.7. The summed E-state index contributed by atoms with van der Waals surface area (Å²) in [5.41, 5.74) is 0.708. The van der Waals surface area contributed by atoms with Gasteiger partial charge in [0, 0.05) is 13.1 Å². The van der Waals surface area contributed by atoms with Gasteiger partial charge in [-0.15, -0.1) is 0 Å². The number of fused-ring (bicyclic) bond motifs is 1. The summed E-state index contributed by atoms with van der Waals surface area (Å²) in [7, 11) is 2.90. The van der Waals surface area contributed by atoms with Crippen molar-refractivity contribution in [2.75, 3.05) is 27.3 Å². The van der Waals surface area contributed by atoms with Crippen LogP contribution in [0.15, 0.2) is 36.4 Å². The molecule has 3 rings (SSSR count). The Balaban J connectivity index is 1.70. The van der Waals surface area contributed by atoms with Crippen LogP contribution in [0.3, 0.4) is 0 Å². The van der Waals surface area contributed by atoms with Crippen molar-refractivity contribution in [2.45, 2.75) is 0 Å². The van der Waals surface area contributed by atoms with Crippen molar-refractivity contribution in [2.24, 2.45) is 0 Å². The van der Waals surface area contributed by atoms with Crippen LogP contribution in [0.5, 0.6) is 11.5 Å². The Kier molecular flexibility index (Phi) is 5.32. The van der Waals surface area contributed by atoms with Gasteiger partial charge in [0.05, 0.1) is 30.4 Å². The van der Waals surface area contributed by atoms with Crippen molar-refractivity contribution < 1.29 is 23.9 Å². The molecule has 0 aliphatic carbocycles. The highest BCUT2D eigenvalue weighted by atomic mass is 35.5. The smallest absolute Gasteiger partial charge is 0.263 e. The molecule has 0 bridgehead atoms. The maximum absolute atomic E-state index is 12.5. The average Bonchev–Trinajstić information content (AvgIpc) is 2.92. The van der Waals surface area contributed by atoms with Crippen molar-refractivity contribution in [3.8, 4) is 11.5 Å². The molecule has 2 aromatic carbocycles. The number of nitrogens with zero attached hydrogens (tertiary/aromatic N) is 1. The molecule has 0 saturated carbocycles. The molecule has 0 radical (unpaired) electrons. The molecule has 8 heteroatoms. The van der Waals surface area contributed by atoms with E-state index in [2.05, 4.69) is 5.32 Å². The third-order valence-electron chi connectivity index (χ3n) is 4.22. The van der Waals surface area contributed by atoms with Crippen LogP contribution >= 0.6 is 11.6 Å². The van der Waals surface area contributed by atoms with Gasteiger partial charge < -0.3 is 14.8 Å². The first-order valence-corrected chi connectivity index (χ1v) is 8.51. The second-order valence-electron chi connectivity index (χ2n) is 5.72. The predicted octanol–water partition coefficient (Wildman–Crippen LogP) is 2.38. The molecule has 27 heavy (non-hydrogen) atoms. The van der Waals surface area contributed by atoms with Gasteiger partial charge in [-0.2, -0.15) is 0 Å².